The number of aryl methyl sites for hydroxylation is 1. The number of nitrogens with one attached hydrogen (secondary N) is 1. The van der Waals surface area contributed by atoms with Gasteiger partial charge in [-0.2, -0.15) is 5.10 Å². The molecular formula is C9H15N3O2. The summed E-state index contributed by atoms with van der Waals surface area (Å²) < 4.78 is 1.59. The molecule has 0 unspecified atom stereocenters. The molecule has 0 aliphatic heterocycles. The summed E-state index contributed by atoms with van der Waals surface area (Å²) in [5.41, 5.74) is 0.427. The lowest BCUT2D eigenvalue weighted by Crippen LogP contribution is -2.25. The molecule has 14 heavy (non-hydrogen) atoms. The standard InChI is InChI=1S/C9H15N3O2/c1-12-6-4-8(11-12)9(14)10-5-2-3-7-13/h4,6,13H,2-3,5,7H2,1H3,(H,10,14). The van der Waals surface area contributed by atoms with Gasteiger partial charge in [0.05, 0.1) is 0 Å². The Labute approximate surface area is 82.7 Å². The lowest BCUT2D eigenvalue weighted by Gasteiger charge is -2.01. The van der Waals surface area contributed by atoms with Gasteiger partial charge in [-0.3, -0.25) is 9.48 Å². The van der Waals surface area contributed by atoms with E-state index in [2.05, 4.69) is 10.4 Å². The normalized spacial score (nSPS) is 10.1. The molecule has 1 aromatic rings. The number of hydrogen-bond donors (Lipinski definition) is 2. The van der Waals surface area contributed by atoms with Crippen molar-refractivity contribution in [2.45, 2.75) is 12.8 Å². The number of amides is 1. The third-order valence-corrected chi connectivity index (χ3v) is 1.82. The average molecular weight is 197 g/mol. The number of aliphatic hydroxyl groups excluding tert-OH is 1. The molecule has 0 aliphatic rings. The van der Waals surface area contributed by atoms with Gasteiger partial charge in [-0.05, 0) is 18.9 Å². The molecule has 1 heterocycles. The summed E-state index contributed by atoms with van der Waals surface area (Å²) in [6.07, 6.45) is 3.22. The highest BCUT2D eigenvalue weighted by Crippen LogP contribution is 1.93. The van der Waals surface area contributed by atoms with Gasteiger partial charge in [-0.15, -0.1) is 0 Å². The highest BCUT2D eigenvalue weighted by Gasteiger charge is 2.06. The van der Waals surface area contributed by atoms with Gasteiger partial charge in [0.25, 0.3) is 5.91 Å². The predicted molar refractivity (Wildman–Crippen MR) is 51.9 cm³/mol. The number of nitrogens with zero attached hydrogens (tertiary/aromatic N) is 2. The summed E-state index contributed by atoms with van der Waals surface area (Å²) in [4.78, 5) is 11.4. The fourth-order valence-electron chi connectivity index (χ4n) is 1.07. The van der Waals surface area contributed by atoms with Crippen LogP contribution >= 0.6 is 0 Å². The summed E-state index contributed by atoms with van der Waals surface area (Å²) in [6.45, 7) is 0.745. The lowest BCUT2D eigenvalue weighted by atomic mass is 10.3. The molecule has 0 saturated carbocycles. The van der Waals surface area contributed by atoms with Crippen molar-refractivity contribution < 1.29 is 9.90 Å². The molecule has 5 heteroatoms. The quantitative estimate of drug-likeness (QED) is 0.649. The number of carbonyl (C=O) groups is 1. The molecule has 0 fully saturated rings. The number of aliphatic hydroxyl groups is 1. The summed E-state index contributed by atoms with van der Waals surface area (Å²) in [6, 6.07) is 1.67. The van der Waals surface area contributed by atoms with Crippen molar-refractivity contribution in [3.05, 3.63) is 18.0 Å². The molecule has 0 saturated heterocycles. The van der Waals surface area contributed by atoms with Crippen LogP contribution in [0.25, 0.3) is 0 Å². The third kappa shape index (κ3) is 3.18. The zero-order valence-electron chi connectivity index (χ0n) is 8.23. The highest BCUT2D eigenvalue weighted by molar-refractivity contribution is 5.92. The van der Waals surface area contributed by atoms with Crippen molar-refractivity contribution in [1.29, 1.82) is 0 Å². The first-order valence-corrected chi connectivity index (χ1v) is 4.62. The van der Waals surface area contributed by atoms with Crippen LogP contribution in [0.1, 0.15) is 23.3 Å². The van der Waals surface area contributed by atoms with E-state index >= 15 is 0 Å². The number of hydrogen-bond acceptors (Lipinski definition) is 3. The van der Waals surface area contributed by atoms with Crippen LogP contribution in [0.15, 0.2) is 12.3 Å². The second-order valence-corrected chi connectivity index (χ2v) is 3.06. The Balaban J connectivity index is 2.29. The first kappa shape index (κ1) is 10.7. The number of unbranched alkanes of at least 4 members (excludes halogenated alkanes) is 1. The summed E-state index contributed by atoms with van der Waals surface area (Å²) >= 11 is 0. The van der Waals surface area contributed by atoms with Gasteiger partial charge in [0.1, 0.15) is 5.69 Å². The van der Waals surface area contributed by atoms with Crippen LogP contribution in [-0.4, -0.2) is 33.9 Å². The van der Waals surface area contributed by atoms with E-state index in [-0.39, 0.29) is 12.5 Å². The Morgan fingerprint density at radius 2 is 2.43 bits per heavy atom. The van der Waals surface area contributed by atoms with Crippen molar-refractivity contribution in [1.82, 2.24) is 15.1 Å². The SMILES string of the molecule is Cn1ccc(C(=O)NCCCCO)n1. The van der Waals surface area contributed by atoms with Gasteiger partial charge in [0.2, 0.25) is 0 Å². The van der Waals surface area contributed by atoms with Crippen LogP contribution < -0.4 is 5.32 Å². The van der Waals surface area contributed by atoms with Crippen LogP contribution in [0.3, 0.4) is 0 Å². The molecule has 78 valence electrons. The van der Waals surface area contributed by atoms with Gasteiger partial charge in [0, 0.05) is 26.4 Å². The van der Waals surface area contributed by atoms with E-state index in [1.54, 1.807) is 24.0 Å². The summed E-state index contributed by atoms with van der Waals surface area (Å²) in [5, 5.41) is 15.2. The Hall–Kier alpha value is -1.36. The minimum Gasteiger partial charge on any atom is -0.396 e. The van der Waals surface area contributed by atoms with Gasteiger partial charge in [0.15, 0.2) is 0 Å². The Bertz CT molecular complexity index is 296. The molecular weight excluding hydrogens is 182 g/mol. The molecule has 1 rings (SSSR count). The summed E-state index contributed by atoms with van der Waals surface area (Å²) in [7, 11) is 1.77. The number of aromatic nitrogens is 2. The Morgan fingerprint density at radius 1 is 1.64 bits per heavy atom. The molecule has 0 bridgehead atoms. The maximum atomic E-state index is 11.4. The van der Waals surface area contributed by atoms with Crippen molar-refractivity contribution in [3.63, 3.8) is 0 Å². The molecule has 2 N–H and O–H groups in total. The largest absolute Gasteiger partial charge is 0.396 e. The second-order valence-electron chi connectivity index (χ2n) is 3.06. The molecule has 5 nitrogen and oxygen atoms in total. The van der Waals surface area contributed by atoms with Crippen LogP contribution in [0.2, 0.25) is 0 Å². The second kappa shape index (κ2) is 5.39. The molecule has 0 radical (unpaired) electrons. The minimum absolute atomic E-state index is 0.163. The molecule has 1 aromatic heterocycles. The van der Waals surface area contributed by atoms with E-state index in [0.29, 0.717) is 18.7 Å². The molecule has 1 amide bonds. The topological polar surface area (TPSA) is 67.2 Å². The Morgan fingerprint density at radius 3 is 3.00 bits per heavy atom. The molecule has 0 aliphatic carbocycles. The molecule has 0 spiro atoms. The van der Waals surface area contributed by atoms with Gasteiger partial charge in [-0.25, -0.2) is 0 Å². The van der Waals surface area contributed by atoms with E-state index in [0.717, 1.165) is 6.42 Å². The zero-order chi connectivity index (χ0) is 10.4. The fourth-order valence-corrected chi connectivity index (χ4v) is 1.07. The first-order valence-electron chi connectivity index (χ1n) is 4.62. The highest BCUT2D eigenvalue weighted by atomic mass is 16.2. The first-order chi connectivity index (χ1) is 6.74. The van der Waals surface area contributed by atoms with Crippen molar-refractivity contribution in [2.75, 3.05) is 13.2 Å². The Kier molecular flexibility index (Phi) is 4.12. The fraction of sp³-hybridized carbons (Fsp3) is 0.556. The zero-order valence-corrected chi connectivity index (χ0v) is 8.23. The van der Waals surface area contributed by atoms with Crippen molar-refractivity contribution in [2.24, 2.45) is 7.05 Å². The number of rotatable bonds is 5. The lowest BCUT2D eigenvalue weighted by molar-refractivity contribution is 0.0946. The van der Waals surface area contributed by atoms with Gasteiger partial charge in [-0.1, -0.05) is 0 Å². The monoisotopic (exact) mass is 197 g/mol. The third-order valence-electron chi connectivity index (χ3n) is 1.82. The van der Waals surface area contributed by atoms with Gasteiger partial charge >= 0.3 is 0 Å². The average Bonchev–Trinajstić information content (AvgIpc) is 2.59. The molecule has 0 aromatic carbocycles. The van der Waals surface area contributed by atoms with E-state index in [1.165, 1.54) is 0 Å². The van der Waals surface area contributed by atoms with Crippen molar-refractivity contribution >= 4 is 5.91 Å². The van der Waals surface area contributed by atoms with Crippen LogP contribution in [-0.2, 0) is 7.05 Å². The summed E-state index contributed by atoms with van der Waals surface area (Å²) in [5.74, 6) is -0.163. The van der Waals surface area contributed by atoms with Crippen LogP contribution in [0, 0.1) is 0 Å². The minimum atomic E-state index is -0.163. The maximum absolute atomic E-state index is 11.4. The van der Waals surface area contributed by atoms with E-state index < -0.39 is 0 Å². The van der Waals surface area contributed by atoms with E-state index in [4.69, 9.17) is 5.11 Å². The van der Waals surface area contributed by atoms with Crippen LogP contribution in [0.5, 0.6) is 0 Å². The van der Waals surface area contributed by atoms with Gasteiger partial charge < -0.3 is 10.4 Å². The predicted octanol–water partition coefficient (Wildman–Crippen LogP) is -0.0776. The van der Waals surface area contributed by atoms with E-state index in [9.17, 15) is 4.79 Å². The van der Waals surface area contributed by atoms with Crippen LogP contribution in [0.4, 0.5) is 0 Å². The number of carbonyl (C=O) groups excluding carboxylic acids is 1. The van der Waals surface area contributed by atoms with Crippen molar-refractivity contribution in [3.8, 4) is 0 Å². The maximum Gasteiger partial charge on any atom is 0.271 e. The van der Waals surface area contributed by atoms with E-state index in [1.807, 2.05) is 0 Å². The molecule has 0 atom stereocenters. The smallest absolute Gasteiger partial charge is 0.271 e.